The number of halogens is 4. The van der Waals surface area contributed by atoms with Crippen LogP contribution in [0.15, 0.2) is 21.1 Å². The molecule has 0 heterocycles. The Morgan fingerprint density at radius 1 is 1.39 bits per heavy atom. The third kappa shape index (κ3) is 4.00. The van der Waals surface area contributed by atoms with E-state index < -0.39 is 25.1 Å². The molecule has 0 bridgehead atoms. The molecule has 0 aliphatic carbocycles. The Bertz CT molecular complexity index is 464. The highest BCUT2D eigenvalue weighted by Crippen LogP contribution is 2.37. The molecule has 0 unspecified atom stereocenters. The van der Waals surface area contributed by atoms with Crippen molar-refractivity contribution in [3.05, 3.63) is 32.2 Å². The van der Waals surface area contributed by atoms with Crippen molar-refractivity contribution in [3.8, 4) is 0 Å². The second-order valence-corrected chi connectivity index (χ2v) is 5.38. The smallest absolute Gasteiger partial charge is 0.329 e. The van der Waals surface area contributed by atoms with Gasteiger partial charge in [-0.25, -0.2) is 4.79 Å². The van der Waals surface area contributed by atoms with Crippen LogP contribution in [0.1, 0.15) is 11.1 Å². The van der Waals surface area contributed by atoms with Gasteiger partial charge in [0.1, 0.15) is 13.2 Å². The van der Waals surface area contributed by atoms with Crippen molar-refractivity contribution < 1.29 is 23.4 Å². The van der Waals surface area contributed by atoms with E-state index in [2.05, 4.69) is 36.6 Å². The van der Waals surface area contributed by atoms with Gasteiger partial charge in [0.25, 0.3) is 5.92 Å². The molecule has 0 radical (unpaired) electrons. The first kappa shape index (κ1) is 15.5. The van der Waals surface area contributed by atoms with Gasteiger partial charge in [0, 0.05) is 14.5 Å². The Labute approximate surface area is 119 Å². The average Bonchev–Trinajstić information content (AvgIpc) is 2.22. The Kier molecular flexibility index (Phi) is 5.24. The second kappa shape index (κ2) is 6.08. The number of rotatable bonds is 5. The van der Waals surface area contributed by atoms with Crippen LogP contribution in [0.5, 0.6) is 0 Å². The first-order valence-electron chi connectivity index (χ1n) is 4.87. The van der Waals surface area contributed by atoms with Gasteiger partial charge in [0.2, 0.25) is 0 Å². The van der Waals surface area contributed by atoms with Crippen LogP contribution in [0, 0.1) is 6.92 Å². The van der Waals surface area contributed by atoms with E-state index in [1.807, 2.05) is 0 Å². The number of hydrogen-bond donors (Lipinski definition) is 1. The molecule has 0 amide bonds. The van der Waals surface area contributed by atoms with Gasteiger partial charge in [0.05, 0.1) is 0 Å². The van der Waals surface area contributed by atoms with Crippen LogP contribution in [0.4, 0.5) is 8.78 Å². The Hall–Kier alpha value is -0.530. The monoisotopic (exact) mass is 386 g/mol. The lowest BCUT2D eigenvalue weighted by Gasteiger charge is -2.19. The van der Waals surface area contributed by atoms with Crippen molar-refractivity contribution in [1.29, 1.82) is 0 Å². The fourth-order valence-corrected chi connectivity index (χ4v) is 2.36. The van der Waals surface area contributed by atoms with E-state index >= 15 is 0 Å². The molecule has 0 fully saturated rings. The quantitative estimate of drug-likeness (QED) is 0.837. The van der Waals surface area contributed by atoms with E-state index in [1.54, 1.807) is 13.0 Å². The molecular weight excluding hydrogens is 378 g/mol. The molecular formula is C11H10Br2F2O3. The van der Waals surface area contributed by atoms with Gasteiger partial charge < -0.3 is 9.84 Å². The van der Waals surface area contributed by atoms with Crippen LogP contribution in [-0.4, -0.2) is 24.3 Å². The predicted octanol–water partition coefficient (Wildman–Crippen LogP) is 3.71. The minimum Gasteiger partial charge on any atom is -0.480 e. The van der Waals surface area contributed by atoms with Gasteiger partial charge in [-0.2, -0.15) is 8.78 Å². The van der Waals surface area contributed by atoms with Crippen molar-refractivity contribution in [2.45, 2.75) is 12.8 Å². The lowest BCUT2D eigenvalue weighted by Crippen LogP contribution is -2.24. The molecule has 0 spiro atoms. The number of carbonyl (C=O) groups is 1. The van der Waals surface area contributed by atoms with E-state index in [-0.39, 0.29) is 10.0 Å². The van der Waals surface area contributed by atoms with Gasteiger partial charge >= 0.3 is 5.97 Å². The summed E-state index contributed by atoms with van der Waals surface area (Å²) >= 11 is 6.24. The summed E-state index contributed by atoms with van der Waals surface area (Å²) in [6, 6.07) is 2.86. The molecule has 0 saturated heterocycles. The minimum atomic E-state index is -3.26. The summed E-state index contributed by atoms with van der Waals surface area (Å²) in [4.78, 5) is 10.2. The summed E-state index contributed by atoms with van der Waals surface area (Å²) < 4.78 is 32.9. The fourth-order valence-electron chi connectivity index (χ4n) is 1.27. The topological polar surface area (TPSA) is 46.5 Å². The maximum atomic E-state index is 13.8. The third-order valence-electron chi connectivity index (χ3n) is 2.15. The van der Waals surface area contributed by atoms with Crippen molar-refractivity contribution in [2.24, 2.45) is 0 Å². The molecule has 0 aliphatic heterocycles. The molecule has 100 valence electrons. The van der Waals surface area contributed by atoms with E-state index in [0.29, 0.717) is 4.47 Å². The van der Waals surface area contributed by atoms with Gasteiger partial charge in [-0.15, -0.1) is 0 Å². The molecule has 1 rings (SSSR count). The number of ether oxygens (including phenoxy) is 1. The molecule has 18 heavy (non-hydrogen) atoms. The standard InChI is InChI=1S/C11H10Br2F2O3/c1-6-2-9(13)7(3-8(6)12)11(14,15)5-18-4-10(16)17/h2-3H,4-5H2,1H3,(H,16,17). The van der Waals surface area contributed by atoms with Crippen molar-refractivity contribution in [3.63, 3.8) is 0 Å². The molecule has 1 N–H and O–H groups in total. The number of benzene rings is 1. The average molecular weight is 388 g/mol. The SMILES string of the molecule is Cc1cc(Br)c(C(F)(F)COCC(=O)O)cc1Br. The predicted molar refractivity (Wildman–Crippen MR) is 68.9 cm³/mol. The van der Waals surface area contributed by atoms with Crippen LogP contribution in [0.2, 0.25) is 0 Å². The zero-order chi connectivity index (χ0) is 13.9. The first-order valence-corrected chi connectivity index (χ1v) is 6.46. The third-order valence-corrected chi connectivity index (χ3v) is 3.66. The first-order chi connectivity index (χ1) is 8.24. The number of aliphatic carboxylic acids is 1. The summed E-state index contributed by atoms with van der Waals surface area (Å²) in [5.41, 5.74) is 0.568. The molecule has 0 saturated carbocycles. The number of carboxylic acids is 1. The van der Waals surface area contributed by atoms with Crippen molar-refractivity contribution in [1.82, 2.24) is 0 Å². The van der Waals surface area contributed by atoms with Gasteiger partial charge in [-0.1, -0.05) is 31.9 Å². The van der Waals surface area contributed by atoms with Gasteiger partial charge in [-0.05, 0) is 24.6 Å². The lowest BCUT2D eigenvalue weighted by atomic mass is 10.1. The highest BCUT2D eigenvalue weighted by molar-refractivity contribution is 9.11. The molecule has 0 aromatic heterocycles. The summed E-state index contributed by atoms with van der Waals surface area (Å²) in [6.07, 6.45) is 0. The highest BCUT2D eigenvalue weighted by Gasteiger charge is 2.34. The fraction of sp³-hybridized carbons (Fsp3) is 0.364. The van der Waals surface area contributed by atoms with E-state index in [9.17, 15) is 13.6 Å². The number of carboxylic acid groups (broad SMARTS) is 1. The van der Waals surface area contributed by atoms with E-state index in [0.717, 1.165) is 5.56 Å². The Morgan fingerprint density at radius 3 is 2.56 bits per heavy atom. The van der Waals surface area contributed by atoms with E-state index in [4.69, 9.17) is 5.11 Å². The Balaban J connectivity index is 2.90. The van der Waals surface area contributed by atoms with Crippen LogP contribution in [0.3, 0.4) is 0 Å². The number of alkyl halides is 2. The van der Waals surface area contributed by atoms with Crippen LogP contribution >= 0.6 is 31.9 Å². The van der Waals surface area contributed by atoms with Crippen molar-refractivity contribution in [2.75, 3.05) is 13.2 Å². The largest absolute Gasteiger partial charge is 0.480 e. The molecule has 1 aromatic carbocycles. The second-order valence-electron chi connectivity index (χ2n) is 3.67. The van der Waals surface area contributed by atoms with E-state index in [1.165, 1.54) is 6.07 Å². The zero-order valence-corrected chi connectivity index (χ0v) is 12.5. The number of aryl methyl sites for hydroxylation is 1. The minimum absolute atomic E-state index is 0.245. The summed E-state index contributed by atoms with van der Waals surface area (Å²) in [5, 5.41) is 8.33. The molecule has 0 aliphatic rings. The molecule has 3 nitrogen and oxygen atoms in total. The Morgan fingerprint density at radius 2 is 2.00 bits per heavy atom. The molecule has 1 aromatic rings. The lowest BCUT2D eigenvalue weighted by molar-refractivity contribution is -0.147. The molecule has 7 heteroatoms. The van der Waals surface area contributed by atoms with Crippen LogP contribution in [0.25, 0.3) is 0 Å². The summed E-state index contributed by atoms with van der Waals surface area (Å²) in [6.45, 7) is 0.0470. The van der Waals surface area contributed by atoms with Crippen molar-refractivity contribution >= 4 is 37.8 Å². The normalized spacial score (nSPS) is 11.6. The summed E-state index contributed by atoms with van der Waals surface area (Å²) in [5.74, 6) is -4.54. The zero-order valence-electron chi connectivity index (χ0n) is 9.34. The van der Waals surface area contributed by atoms with Crippen LogP contribution in [-0.2, 0) is 15.5 Å². The van der Waals surface area contributed by atoms with Gasteiger partial charge in [-0.3, -0.25) is 0 Å². The highest BCUT2D eigenvalue weighted by atomic mass is 79.9. The maximum absolute atomic E-state index is 13.8. The molecule has 0 atom stereocenters. The summed E-state index contributed by atoms with van der Waals surface area (Å²) in [7, 11) is 0. The maximum Gasteiger partial charge on any atom is 0.329 e. The number of hydrogen-bond acceptors (Lipinski definition) is 2. The van der Waals surface area contributed by atoms with Crippen LogP contribution < -0.4 is 0 Å². The van der Waals surface area contributed by atoms with Gasteiger partial charge in [0.15, 0.2) is 0 Å².